The van der Waals surface area contributed by atoms with Crippen LogP contribution in [0.5, 0.6) is 0 Å². The molecule has 0 radical (unpaired) electrons. The molecule has 0 amide bonds. The highest BCUT2D eigenvalue weighted by Crippen LogP contribution is 2.22. The lowest BCUT2D eigenvalue weighted by Gasteiger charge is -2.05. The Morgan fingerprint density at radius 1 is 1.65 bits per heavy atom. The van der Waals surface area contributed by atoms with Crippen molar-refractivity contribution in [3.05, 3.63) is 33.0 Å². The number of hydrogen-bond acceptors (Lipinski definition) is 6. The van der Waals surface area contributed by atoms with Gasteiger partial charge in [0.05, 0.1) is 30.4 Å². The molecule has 2 heterocycles. The third-order valence-electron chi connectivity index (χ3n) is 2.66. The van der Waals surface area contributed by atoms with Crippen LogP contribution in [-0.4, -0.2) is 34.3 Å². The summed E-state index contributed by atoms with van der Waals surface area (Å²) in [5.41, 5.74) is 6.41. The van der Waals surface area contributed by atoms with Crippen LogP contribution in [0.3, 0.4) is 0 Å². The molecule has 6 nitrogen and oxygen atoms in total. The van der Waals surface area contributed by atoms with Gasteiger partial charge >= 0.3 is 0 Å². The number of carbonyl (C=O) groups excluding carboxylic acids is 1. The molecule has 0 aromatic carbocycles. The Morgan fingerprint density at radius 2 is 2.40 bits per heavy atom. The van der Waals surface area contributed by atoms with E-state index in [0.29, 0.717) is 34.6 Å². The number of nitrogens with zero attached hydrogens (tertiary/aromatic N) is 3. The zero-order chi connectivity index (χ0) is 14.7. The van der Waals surface area contributed by atoms with E-state index >= 15 is 0 Å². The van der Waals surface area contributed by atoms with Gasteiger partial charge in [-0.1, -0.05) is 11.6 Å². The number of thiazole rings is 1. The predicted octanol–water partition coefficient (Wildman–Crippen LogP) is 1.89. The Bertz CT molecular complexity index is 608. The highest BCUT2D eigenvalue weighted by Gasteiger charge is 2.22. The van der Waals surface area contributed by atoms with E-state index in [4.69, 9.17) is 22.1 Å². The summed E-state index contributed by atoms with van der Waals surface area (Å²) in [6, 6.07) is -0.199. The monoisotopic (exact) mass is 314 g/mol. The van der Waals surface area contributed by atoms with Crippen LogP contribution in [0.4, 0.5) is 0 Å². The van der Waals surface area contributed by atoms with Crippen LogP contribution in [0.2, 0.25) is 5.02 Å². The predicted molar refractivity (Wildman–Crippen MR) is 77.3 cm³/mol. The fraction of sp³-hybridized carbons (Fsp3) is 0.417. The summed E-state index contributed by atoms with van der Waals surface area (Å²) in [4.78, 5) is 16.7. The van der Waals surface area contributed by atoms with E-state index in [-0.39, 0.29) is 11.8 Å². The van der Waals surface area contributed by atoms with Gasteiger partial charge in [-0.2, -0.15) is 5.10 Å². The topological polar surface area (TPSA) is 83.0 Å². The van der Waals surface area contributed by atoms with E-state index < -0.39 is 0 Å². The standard InChI is InChI=1S/C12H15ClN4O2S/c1-7(14)12-16-9(6-20-12)11(18)10-8(13)5-15-17(10)3-4-19-2/h5-7H,3-4,14H2,1-2H3. The first-order chi connectivity index (χ1) is 9.54. The fourth-order valence-corrected chi connectivity index (χ4v) is 2.64. The largest absolute Gasteiger partial charge is 0.383 e. The molecule has 0 fully saturated rings. The summed E-state index contributed by atoms with van der Waals surface area (Å²) < 4.78 is 6.51. The lowest BCUT2D eigenvalue weighted by molar-refractivity contribution is 0.102. The van der Waals surface area contributed by atoms with Crippen molar-refractivity contribution in [3.8, 4) is 0 Å². The summed E-state index contributed by atoms with van der Waals surface area (Å²) >= 11 is 7.40. The molecule has 2 rings (SSSR count). The zero-order valence-corrected chi connectivity index (χ0v) is 12.7. The maximum Gasteiger partial charge on any atom is 0.231 e. The van der Waals surface area contributed by atoms with Gasteiger partial charge in [0, 0.05) is 12.5 Å². The number of rotatable bonds is 6. The maximum atomic E-state index is 12.5. The van der Waals surface area contributed by atoms with Crippen LogP contribution in [0.25, 0.3) is 0 Å². The lowest BCUT2D eigenvalue weighted by atomic mass is 10.2. The van der Waals surface area contributed by atoms with Crippen molar-refractivity contribution in [2.24, 2.45) is 5.73 Å². The molecule has 1 unspecified atom stereocenters. The summed E-state index contributed by atoms with van der Waals surface area (Å²) in [5, 5.41) is 6.78. The van der Waals surface area contributed by atoms with E-state index in [0.717, 1.165) is 0 Å². The van der Waals surface area contributed by atoms with Crippen molar-refractivity contribution in [1.82, 2.24) is 14.8 Å². The van der Waals surface area contributed by atoms with Crippen molar-refractivity contribution in [2.75, 3.05) is 13.7 Å². The molecule has 0 aliphatic carbocycles. The van der Waals surface area contributed by atoms with Gasteiger partial charge in [-0.3, -0.25) is 9.48 Å². The molecule has 0 saturated heterocycles. The van der Waals surface area contributed by atoms with E-state index in [1.807, 2.05) is 6.92 Å². The number of nitrogens with two attached hydrogens (primary N) is 1. The third-order valence-corrected chi connectivity index (χ3v) is 3.98. The number of aromatic nitrogens is 3. The average molecular weight is 315 g/mol. The van der Waals surface area contributed by atoms with Crippen molar-refractivity contribution < 1.29 is 9.53 Å². The molecular formula is C12H15ClN4O2S. The van der Waals surface area contributed by atoms with Crippen LogP contribution in [0, 0.1) is 0 Å². The number of hydrogen-bond donors (Lipinski definition) is 1. The van der Waals surface area contributed by atoms with Gasteiger partial charge in [-0.05, 0) is 6.92 Å². The minimum atomic E-state index is -0.258. The Morgan fingerprint density at radius 3 is 3.00 bits per heavy atom. The SMILES string of the molecule is COCCn1ncc(Cl)c1C(=O)c1csc(C(C)N)n1. The molecule has 2 aromatic heterocycles. The second-order valence-corrected chi connectivity index (χ2v) is 5.54. The van der Waals surface area contributed by atoms with E-state index in [9.17, 15) is 4.79 Å². The van der Waals surface area contributed by atoms with Gasteiger partial charge in [0.2, 0.25) is 5.78 Å². The summed E-state index contributed by atoms with van der Waals surface area (Å²) in [7, 11) is 1.59. The van der Waals surface area contributed by atoms with Crippen molar-refractivity contribution in [1.29, 1.82) is 0 Å². The molecule has 0 aliphatic heterocycles. The molecule has 8 heteroatoms. The molecule has 2 N–H and O–H groups in total. The van der Waals surface area contributed by atoms with Crippen molar-refractivity contribution >= 4 is 28.7 Å². The Balaban J connectivity index is 2.29. The van der Waals surface area contributed by atoms with Gasteiger partial charge in [0.25, 0.3) is 0 Å². The van der Waals surface area contributed by atoms with E-state index in [1.165, 1.54) is 22.2 Å². The number of methoxy groups -OCH3 is 1. The normalized spacial score (nSPS) is 12.6. The van der Waals surface area contributed by atoms with Crippen LogP contribution in [0.1, 0.15) is 34.2 Å². The van der Waals surface area contributed by atoms with Gasteiger partial charge < -0.3 is 10.5 Å². The van der Waals surface area contributed by atoms with E-state index in [2.05, 4.69) is 10.1 Å². The minimum absolute atomic E-state index is 0.199. The zero-order valence-electron chi connectivity index (χ0n) is 11.2. The molecule has 2 aromatic rings. The second kappa shape index (κ2) is 6.45. The highest BCUT2D eigenvalue weighted by atomic mass is 35.5. The highest BCUT2D eigenvalue weighted by molar-refractivity contribution is 7.09. The van der Waals surface area contributed by atoms with Crippen LogP contribution < -0.4 is 5.73 Å². The number of ether oxygens (including phenoxy) is 1. The van der Waals surface area contributed by atoms with Gasteiger partial charge in [0.15, 0.2) is 0 Å². The molecule has 108 valence electrons. The second-order valence-electron chi connectivity index (χ2n) is 4.25. The average Bonchev–Trinajstić information content (AvgIpc) is 3.02. The summed E-state index contributed by atoms with van der Waals surface area (Å²) in [6.07, 6.45) is 1.45. The van der Waals surface area contributed by atoms with Crippen molar-refractivity contribution in [3.63, 3.8) is 0 Å². The maximum absolute atomic E-state index is 12.5. The molecule has 0 bridgehead atoms. The molecular weight excluding hydrogens is 300 g/mol. The Kier molecular flexibility index (Phi) is 4.87. The minimum Gasteiger partial charge on any atom is -0.383 e. The fourth-order valence-electron chi connectivity index (χ4n) is 1.66. The number of carbonyl (C=O) groups is 1. The Labute approximate surface area is 125 Å². The van der Waals surface area contributed by atoms with Crippen LogP contribution in [0.15, 0.2) is 11.6 Å². The summed E-state index contributed by atoms with van der Waals surface area (Å²) in [6.45, 7) is 2.72. The molecule has 1 atom stereocenters. The van der Waals surface area contributed by atoms with Crippen LogP contribution in [-0.2, 0) is 11.3 Å². The van der Waals surface area contributed by atoms with Gasteiger partial charge in [0.1, 0.15) is 16.4 Å². The number of halogens is 1. The molecule has 20 heavy (non-hydrogen) atoms. The van der Waals surface area contributed by atoms with Crippen LogP contribution >= 0.6 is 22.9 Å². The molecule has 0 saturated carbocycles. The van der Waals surface area contributed by atoms with Gasteiger partial charge in [-0.15, -0.1) is 11.3 Å². The molecule has 0 aliphatic rings. The molecule has 0 spiro atoms. The summed E-state index contributed by atoms with van der Waals surface area (Å²) in [5.74, 6) is -0.258. The quantitative estimate of drug-likeness (QED) is 0.823. The third kappa shape index (κ3) is 3.06. The lowest BCUT2D eigenvalue weighted by Crippen LogP contribution is -2.15. The smallest absolute Gasteiger partial charge is 0.231 e. The number of ketones is 1. The first-order valence-corrected chi connectivity index (χ1v) is 7.26. The Hall–Kier alpha value is -1.28. The first-order valence-electron chi connectivity index (χ1n) is 6.00. The first kappa shape index (κ1) is 15.1. The van der Waals surface area contributed by atoms with Gasteiger partial charge in [-0.25, -0.2) is 4.98 Å². The van der Waals surface area contributed by atoms with Crippen molar-refractivity contribution in [2.45, 2.75) is 19.5 Å². The van der Waals surface area contributed by atoms with E-state index in [1.54, 1.807) is 12.5 Å².